The van der Waals surface area contributed by atoms with Crippen LogP contribution in [0.1, 0.15) is 64.5 Å². The second-order valence-corrected chi connectivity index (χ2v) is 7.16. The molecule has 1 aromatic heterocycles. The number of aromatic nitrogens is 2. The van der Waals surface area contributed by atoms with Gasteiger partial charge in [-0.2, -0.15) is 4.98 Å². The Labute approximate surface area is 171 Å². The maximum absolute atomic E-state index is 12.2. The number of esters is 1. The van der Waals surface area contributed by atoms with Crippen molar-refractivity contribution < 1.29 is 24.1 Å². The van der Waals surface area contributed by atoms with Gasteiger partial charge in [0.1, 0.15) is 6.10 Å². The fourth-order valence-electron chi connectivity index (χ4n) is 3.60. The van der Waals surface area contributed by atoms with Gasteiger partial charge in [-0.3, -0.25) is 14.8 Å². The van der Waals surface area contributed by atoms with Gasteiger partial charge in [0.2, 0.25) is 0 Å². The zero-order valence-electron chi connectivity index (χ0n) is 16.2. The van der Waals surface area contributed by atoms with Crippen LogP contribution in [0, 0.1) is 5.41 Å². The van der Waals surface area contributed by atoms with Gasteiger partial charge < -0.3 is 19.3 Å². The topological polar surface area (TPSA) is 107 Å². The molecule has 2 aliphatic rings. The molecule has 8 nitrogen and oxygen atoms in total. The van der Waals surface area contributed by atoms with E-state index in [9.17, 15) is 9.90 Å². The molecule has 0 bridgehead atoms. The van der Waals surface area contributed by atoms with Crippen LogP contribution in [0.25, 0.3) is 0 Å². The molecule has 0 radical (unpaired) electrons. The third-order valence-electron chi connectivity index (χ3n) is 5.06. The second-order valence-electron chi connectivity index (χ2n) is 7.16. The van der Waals surface area contributed by atoms with Gasteiger partial charge in [-0.05, 0) is 12.5 Å². The lowest BCUT2D eigenvalue weighted by atomic mass is 10.1. The number of halogens is 1. The number of aliphatic hydroxyl groups is 1. The molecule has 0 aromatic carbocycles. The van der Waals surface area contributed by atoms with Crippen molar-refractivity contribution in [2.45, 2.75) is 82.8 Å². The highest BCUT2D eigenvalue weighted by Gasteiger charge is 2.53. The first kappa shape index (κ1) is 22.6. The van der Waals surface area contributed by atoms with Gasteiger partial charge in [0.15, 0.2) is 23.9 Å². The fraction of sp³-hybridized carbons (Fsp3) is 0.737. The minimum atomic E-state index is -0.687. The summed E-state index contributed by atoms with van der Waals surface area (Å²) in [5.41, 5.74) is 0.0902. The SMILES string of the molecule is CCCCCCCCCC(=O)O[C@H]1[C@@H]2Oc3nc(=N)ccn3[C@@H]2O[C@@H]1CO.Cl. The monoisotopic (exact) mass is 415 g/mol. The first-order valence-corrected chi connectivity index (χ1v) is 9.90. The molecule has 2 aliphatic heterocycles. The zero-order chi connectivity index (χ0) is 19.2. The van der Waals surface area contributed by atoms with Crippen LogP contribution in [0.15, 0.2) is 12.3 Å². The quantitative estimate of drug-likeness (QED) is 0.449. The van der Waals surface area contributed by atoms with Crippen molar-refractivity contribution in [3.05, 3.63) is 17.8 Å². The normalized spacial score (nSPS) is 24.8. The van der Waals surface area contributed by atoms with Crippen LogP contribution < -0.4 is 10.2 Å². The van der Waals surface area contributed by atoms with Crippen LogP contribution in [0.3, 0.4) is 0 Å². The number of unbranched alkanes of at least 4 members (excludes halogenated alkanes) is 6. The van der Waals surface area contributed by atoms with Crippen molar-refractivity contribution >= 4 is 18.4 Å². The molecule has 4 atom stereocenters. The lowest BCUT2D eigenvalue weighted by molar-refractivity contribution is -0.156. The number of hydrogen-bond donors (Lipinski definition) is 2. The van der Waals surface area contributed by atoms with Gasteiger partial charge in [-0.15, -0.1) is 12.4 Å². The van der Waals surface area contributed by atoms with Gasteiger partial charge in [0.05, 0.1) is 6.61 Å². The third-order valence-corrected chi connectivity index (χ3v) is 5.06. The Morgan fingerprint density at radius 2 is 2.00 bits per heavy atom. The molecular weight excluding hydrogens is 386 g/mol. The smallest absolute Gasteiger partial charge is 0.306 e. The highest BCUT2D eigenvalue weighted by molar-refractivity contribution is 5.85. The average molecular weight is 416 g/mol. The van der Waals surface area contributed by atoms with Gasteiger partial charge >= 0.3 is 12.0 Å². The third kappa shape index (κ3) is 5.24. The van der Waals surface area contributed by atoms with E-state index in [-0.39, 0.29) is 36.5 Å². The summed E-state index contributed by atoms with van der Waals surface area (Å²) in [6.07, 6.45) is 7.55. The first-order valence-electron chi connectivity index (χ1n) is 9.90. The summed E-state index contributed by atoms with van der Waals surface area (Å²) >= 11 is 0. The van der Waals surface area contributed by atoms with Crippen LogP contribution in [0.5, 0.6) is 6.01 Å². The molecule has 0 aliphatic carbocycles. The molecule has 0 unspecified atom stereocenters. The van der Waals surface area contributed by atoms with E-state index in [0.29, 0.717) is 6.42 Å². The molecule has 0 amide bonds. The standard InChI is InChI=1S/C19H29N3O5.ClH/c1-2-3-4-5-6-7-8-9-15(24)26-16-13(12-23)25-18-17(16)27-19-21-14(20)10-11-22(18)19;/h10-11,13,16-18,20,23H,2-9,12H2,1H3;1H/t13-,16-,17+,18-;/m1./s1. The van der Waals surface area contributed by atoms with E-state index >= 15 is 0 Å². The highest BCUT2D eigenvalue weighted by Crippen LogP contribution is 2.40. The molecule has 9 heteroatoms. The Bertz CT molecular complexity index is 698. The Morgan fingerprint density at radius 3 is 2.71 bits per heavy atom. The van der Waals surface area contributed by atoms with Crippen LogP contribution in [-0.2, 0) is 14.3 Å². The number of nitrogens with zero attached hydrogens (tertiary/aromatic N) is 2. The van der Waals surface area contributed by atoms with Gasteiger partial charge in [-0.25, -0.2) is 0 Å². The molecule has 28 heavy (non-hydrogen) atoms. The largest absolute Gasteiger partial charge is 0.455 e. The van der Waals surface area contributed by atoms with Crippen LogP contribution in [-0.4, -0.2) is 45.5 Å². The van der Waals surface area contributed by atoms with Crippen molar-refractivity contribution in [1.82, 2.24) is 9.55 Å². The minimum Gasteiger partial charge on any atom is -0.455 e. The van der Waals surface area contributed by atoms with Gasteiger partial charge in [-0.1, -0.05) is 45.4 Å². The number of aliphatic hydroxyl groups excluding tert-OH is 1. The molecule has 0 spiro atoms. The number of ether oxygens (including phenoxy) is 3. The molecule has 1 fully saturated rings. The second kappa shape index (κ2) is 10.8. The molecule has 1 aromatic rings. The van der Waals surface area contributed by atoms with E-state index in [0.717, 1.165) is 19.3 Å². The fourth-order valence-corrected chi connectivity index (χ4v) is 3.60. The van der Waals surface area contributed by atoms with E-state index in [2.05, 4.69) is 11.9 Å². The number of carbonyl (C=O) groups excluding carboxylic acids is 1. The number of carbonyl (C=O) groups is 1. The Hall–Kier alpha value is -1.64. The molecule has 158 valence electrons. The van der Waals surface area contributed by atoms with Crippen molar-refractivity contribution in [2.75, 3.05) is 6.61 Å². The van der Waals surface area contributed by atoms with Crippen LogP contribution in [0.4, 0.5) is 0 Å². The molecule has 1 saturated heterocycles. The molecule has 3 heterocycles. The predicted molar refractivity (Wildman–Crippen MR) is 103 cm³/mol. The van der Waals surface area contributed by atoms with Crippen LogP contribution >= 0.6 is 12.4 Å². The van der Waals surface area contributed by atoms with E-state index in [1.807, 2.05) is 0 Å². The minimum absolute atomic E-state index is 0. The number of rotatable bonds is 10. The van der Waals surface area contributed by atoms with E-state index in [1.54, 1.807) is 10.8 Å². The van der Waals surface area contributed by atoms with Crippen molar-refractivity contribution in [3.63, 3.8) is 0 Å². The zero-order valence-corrected chi connectivity index (χ0v) is 17.0. The maximum atomic E-state index is 12.2. The lowest BCUT2D eigenvalue weighted by Gasteiger charge is -2.20. The molecular formula is C19H30ClN3O5. The Balaban J connectivity index is 0.00000280. The molecule has 2 N–H and O–H groups in total. The lowest BCUT2D eigenvalue weighted by Crippen LogP contribution is -2.39. The summed E-state index contributed by atoms with van der Waals surface area (Å²) in [4.78, 5) is 16.3. The predicted octanol–water partition coefficient (Wildman–Crippen LogP) is 2.49. The molecule has 3 rings (SSSR count). The number of hydrogen-bond acceptors (Lipinski definition) is 7. The van der Waals surface area contributed by atoms with E-state index in [1.165, 1.54) is 31.7 Å². The molecule has 0 saturated carbocycles. The summed E-state index contributed by atoms with van der Waals surface area (Å²) < 4.78 is 18.8. The Kier molecular flexibility index (Phi) is 8.72. The Morgan fingerprint density at radius 1 is 1.29 bits per heavy atom. The summed E-state index contributed by atoms with van der Waals surface area (Å²) in [7, 11) is 0. The highest BCUT2D eigenvalue weighted by atomic mass is 35.5. The van der Waals surface area contributed by atoms with Crippen molar-refractivity contribution in [1.29, 1.82) is 5.41 Å². The maximum Gasteiger partial charge on any atom is 0.306 e. The van der Waals surface area contributed by atoms with E-state index in [4.69, 9.17) is 19.6 Å². The number of nitrogens with one attached hydrogen (secondary N) is 1. The summed E-state index contributed by atoms with van der Waals surface area (Å²) in [5, 5.41) is 17.2. The van der Waals surface area contributed by atoms with Gasteiger partial charge in [0.25, 0.3) is 0 Å². The first-order chi connectivity index (χ1) is 13.1. The van der Waals surface area contributed by atoms with Crippen LogP contribution in [0.2, 0.25) is 0 Å². The summed E-state index contributed by atoms with van der Waals surface area (Å²) in [5.74, 6) is -0.296. The summed E-state index contributed by atoms with van der Waals surface area (Å²) in [6, 6.07) is 1.80. The van der Waals surface area contributed by atoms with E-state index < -0.39 is 24.5 Å². The average Bonchev–Trinajstić information content (AvgIpc) is 3.16. The van der Waals surface area contributed by atoms with Gasteiger partial charge in [0, 0.05) is 12.6 Å². The van der Waals surface area contributed by atoms with Crippen molar-refractivity contribution in [3.8, 4) is 6.01 Å². The summed E-state index contributed by atoms with van der Waals surface area (Å²) in [6.45, 7) is 1.94. The number of fused-ring (bicyclic) bond motifs is 3. The van der Waals surface area contributed by atoms with Crippen molar-refractivity contribution in [2.24, 2.45) is 0 Å².